The Hall–Kier alpha value is -1.92. The number of methoxy groups -OCH3 is 1. The van der Waals surface area contributed by atoms with Gasteiger partial charge >= 0.3 is 0 Å². The molecule has 1 rings (SSSR count). The minimum absolute atomic E-state index is 0.126. The maximum absolute atomic E-state index is 11.9. The molecule has 0 aliphatic rings. The van der Waals surface area contributed by atoms with E-state index in [-0.39, 0.29) is 24.4 Å². The summed E-state index contributed by atoms with van der Waals surface area (Å²) < 4.78 is 4.98. The van der Waals surface area contributed by atoms with Crippen LogP contribution in [0.3, 0.4) is 0 Å². The molecule has 4 N–H and O–H groups in total. The normalized spacial score (nSPS) is 13.4. The smallest absolute Gasteiger partial charge is 0.250 e. The Labute approximate surface area is 118 Å². The van der Waals surface area contributed by atoms with Crippen LogP contribution < -0.4 is 16.4 Å². The molecule has 0 aliphatic heterocycles. The third-order valence-corrected chi connectivity index (χ3v) is 2.86. The van der Waals surface area contributed by atoms with Crippen LogP contribution in [0, 0.1) is 0 Å². The average Bonchev–Trinajstić information content (AvgIpc) is 2.39. The molecule has 2 amide bonds. The van der Waals surface area contributed by atoms with Gasteiger partial charge in [-0.2, -0.15) is 0 Å². The molecule has 20 heavy (non-hydrogen) atoms. The zero-order valence-corrected chi connectivity index (χ0v) is 12.0. The number of carbonyl (C=O) groups excluding carboxylic acids is 2. The minimum Gasteiger partial charge on any atom is -0.370 e. The van der Waals surface area contributed by atoms with Crippen molar-refractivity contribution in [2.45, 2.75) is 26.0 Å². The van der Waals surface area contributed by atoms with E-state index in [2.05, 4.69) is 10.6 Å². The standard InChI is InChI=1S/C14H21N3O3/c1-9(16-14(19)13(8-15)20-3)11-5-4-6-12(7-11)17-10(2)18/h4-7,9,13H,8,15H2,1-3H3,(H,16,19)(H,17,18). The number of amides is 2. The average molecular weight is 279 g/mol. The van der Waals surface area contributed by atoms with Crippen LogP contribution in [0.5, 0.6) is 0 Å². The SMILES string of the molecule is COC(CN)C(=O)NC(C)c1cccc(NC(C)=O)c1. The predicted molar refractivity (Wildman–Crippen MR) is 77.2 cm³/mol. The molecule has 0 aliphatic carbocycles. The van der Waals surface area contributed by atoms with Crippen LogP contribution in [0.4, 0.5) is 5.69 Å². The molecule has 6 heteroatoms. The van der Waals surface area contributed by atoms with Crippen LogP contribution in [0.1, 0.15) is 25.5 Å². The maximum Gasteiger partial charge on any atom is 0.250 e. The second-order valence-corrected chi connectivity index (χ2v) is 4.50. The summed E-state index contributed by atoms with van der Waals surface area (Å²) in [5, 5.41) is 5.52. The van der Waals surface area contributed by atoms with Crippen molar-refractivity contribution in [1.82, 2.24) is 5.32 Å². The van der Waals surface area contributed by atoms with E-state index in [0.29, 0.717) is 5.69 Å². The third-order valence-electron chi connectivity index (χ3n) is 2.86. The molecule has 0 heterocycles. The lowest BCUT2D eigenvalue weighted by atomic mass is 10.1. The molecule has 0 saturated carbocycles. The van der Waals surface area contributed by atoms with Gasteiger partial charge in [-0.25, -0.2) is 0 Å². The van der Waals surface area contributed by atoms with E-state index in [4.69, 9.17) is 10.5 Å². The molecule has 0 saturated heterocycles. The highest BCUT2D eigenvalue weighted by Gasteiger charge is 2.18. The first-order valence-electron chi connectivity index (χ1n) is 6.38. The van der Waals surface area contributed by atoms with Crippen molar-refractivity contribution in [2.75, 3.05) is 19.0 Å². The maximum atomic E-state index is 11.9. The van der Waals surface area contributed by atoms with E-state index in [9.17, 15) is 9.59 Å². The van der Waals surface area contributed by atoms with Crippen molar-refractivity contribution in [1.29, 1.82) is 0 Å². The fourth-order valence-corrected chi connectivity index (χ4v) is 1.79. The van der Waals surface area contributed by atoms with Gasteiger partial charge in [-0.15, -0.1) is 0 Å². The van der Waals surface area contributed by atoms with Gasteiger partial charge in [0.2, 0.25) is 5.91 Å². The number of nitrogens with two attached hydrogens (primary N) is 1. The van der Waals surface area contributed by atoms with Gasteiger partial charge in [-0.3, -0.25) is 9.59 Å². The van der Waals surface area contributed by atoms with E-state index in [1.165, 1.54) is 14.0 Å². The van der Waals surface area contributed by atoms with Gasteiger partial charge in [0.15, 0.2) is 0 Å². The summed E-state index contributed by atoms with van der Waals surface area (Å²) in [5.74, 6) is -0.395. The van der Waals surface area contributed by atoms with Crippen molar-refractivity contribution in [3.8, 4) is 0 Å². The van der Waals surface area contributed by atoms with E-state index in [0.717, 1.165) is 5.56 Å². The van der Waals surface area contributed by atoms with Gasteiger partial charge in [0, 0.05) is 26.3 Å². The Kier molecular flexibility index (Phi) is 6.14. The number of carbonyl (C=O) groups is 2. The molecule has 0 fully saturated rings. The second-order valence-electron chi connectivity index (χ2n) is 4.50. The molecule has 2 atom stereocenters. The van der Waals surface area contributed by atoms with Gasteiger partial charge in [0.05, 0.1) is 6.04 Å². The van der Waals surface area contributed by atoms with Crippen molar-refractivity contribution >= 4 is 17.5 Å². The van der Waals surface area contributed by atoms with Gasteiger partial charge in [-0.05, 0) is 24.6 Å². The third kappa shape index (κ3) is 4.64. The number of hydrogen-bond acceptors (Lipinski definition) is 4. The summed E-state index contributed by atoms with van der Waals surface area (Å²) in [4.78, 5) is 22.9. The number of rotatable bonds is 6. The van der Waals surface area contributed by atoms with Gasteiger partial charge in [0.1, 0.15) is 6.10 Å². The fraction of sp³-hybridized carbons (Fsp3) is 0.429. The van der Waals surface area contributed by atoms with Crippen LogP contribution in [-0.2, 0) is 14.3 Å². The molecular weight excluding hydrogens is 258 g/mol. The Morgan fingerprint density at radius 2 is 2.10 bits per heavy atom. The van der Waals surface area contributed by atoms with Crippen LogP contribution in [0.15, 0.2) is 24.3 Å². The largest absolute Gasteiger partial charge is 0.370 e. The Morgan fingerprint density at radius 3 is 2.65 bits per heavy atom. The number of hydrogen-bond donors (Lipinski definition) is 3. The van der Waals surface area contributed by atoms with Crippen LogP contribution >= 0.6 is 0 Å². The molecule has 2 unspecified atom stereocenters. The minimum atomic E-state index is -0.657. The first-order valence-corrected chi connectivity index (χ1v) is 6.38. The lowest BCUT2D eigenvalue weighted by molar-refractivity contribution is -0.131. The highest BCUT2D eigenvalue weighted by atomic mass is 16.5. The predicted octanol–water partition coefficient (Wildman–Crippen LogP) is 0.796. The van der Waals surface area contributed by atoms with E-state index in [1.54, 1.807) is 6.07 Å². The summed E-state index contributed by atoms with van der Waals surface area (Å²) in [6.07, 6.45) is -0.657. The Balaban J connectivity index is 2.74. The molecule has 0 bridgehead atoms. The summed E-state index contributed by atoms with van der Waals surface area (Å²) in [6, 6.07) is 7.09. The summed E-state index contributed by atoms with van der Waals surface area (Å²) in [7, 11) is 1.44. The molecular formula is C14H21N3O3. The zero-order chi connectivity index (χ0) is 15.1. The molecule has 0 aromatic heterocycles. The van der Waals surface area contributed by atoms with Gasteiger partial charge in [0.25, 0.3) is 5.91 Å². The Bertz CT molecular complexity index is 472. The van der Waals surface area contributed by atoms with E-state index >= 15 is 0 Å². The van der Waals surface area contributed by atoms with Crippen molar-refractivity contribution in [3.05, 3.63) is 29.8 Å². The number of ether oxygens (including phenoxy) is 1. The number of nitrogens with one attached hydrogen (secondary N) is 2. The van der Waals surface area contributed by atoms with Crippen LogP contribution in [-0.4, -0.2) is 31.6 Å². The summed E-state index contributed by atoms with van der Waals surface area (Å²) in [6.45, 7) is 3.43. The molecule has 0 spiro atoms. The van der Waals surface area contributed by atoms with Gasteiger partial charge in [-0.1, -0.05) is 12.1 Å². The first-order chi connectivity index (χ1) is 9.47. The van der Waals surface area contributed by atoms with Crippen molar-refractivity contribution < 1.29 is 14.3 Å². The topological polar surface area (TPSA) is 93.4 Å². The highest BCUT2D eigenvalue weighted by Crippen LogP contribution is 2.17. The van der Waals surface area contributed by atoms with Crippen LogP contribution in [0.25, 0.3) is 0 Å². The molecule has 110 valence electrons. The Morgan fingerprint density at radius 1 is 1.40 bits per heavy atom. The molecule has 1 aromatic carbocycles. The fourth-order valence-electron chi connectivity index (χ4n) is 1.79. The number of benzene rings is 1. The molecule has 0 radical (unpaired) electrons. The number of anilines is 1. The molecule has 6 nitrogen and oxygen atoms in total. The first kappa shape index (κ1) is 16.1. The van der Waals surface area contributed by atoms with Gasteiger partial charge < -0.3 is 21.1 Å². The quantitative estimate of drug-likeness (QED) is 0.718. The summed E-state index contributed by atoms with van der Waals surface area (Å²) in [5.41, 5.74) is 7.02. The highest BCUT2D eigenvalue weighted by molar-refractivity contribution is 5.88. The zero-order valence-electron chi connectivity index (χ0n) is 12.0. The second kappa shape index (κ2) is 7.62. The van der Waals surface area contributed by atoms with E-state index < -0.39 is 6.10 Å². The monoisotopic (exact) mass is 279 g/mol. The van der Waals surface area contributed by atoms with Crippen molar-refractivity contribution in [3.63, 3.8) is 0 Å². The van der Waals surface area contributed by atoms with E-state index in [1.807, 2.05) is 25.1 Å². The molecule has 1 aromatic rings. The lowest BCUT2D eigenvalue weighted by Gasteiger charge is -2.19. The lowest BCUT2D eigenvalue weighted by Crippen LogP contribution is -2.41. The van der Waals surface area contributed by atoms with Crippen LogP contribution in [0.2, 0.25) is 0 Å². The summed E-state index contributed by atoms with van der Waals surface area (Å²) >= 11 is 0. The van der Waals surface area contributed by atoms with Crippen molar-refractivity contribution in [2.24, 2.45) is 5.73 Å².